The zero-order valence-corrected chi connectivity index (χ0v) is 22.6. The number of piperazine rings is 1. The predicted octanol–water partition coefficient (Wildman–Crippen LogP) is 5.82. The van der Waals surface area contributed by atoms with Gasteiger partial charge in [-0.05, 0) is 48.7 Å². The second-order valence-corrected chi connectivity index (χ2v) is 10.2. The Kier molecular flexibility index (Phi) is 7.48. The number of carbonyl (C=O) groups excluding carboxylic acids is 2. The van der Waals surface area contributed by atoms with Crippen molar-refractivity contribution in [3.63, 3.8) is 0 Å². The first-order valence-electron chi connectivity index (χ1n) is 13.1. The van der Waals surface area contributed by atoms with Gasteiger partial charge in [-0.15, -0.1) is 0 Å². The Bertz CT molecular complexity index is 1480. The number of fused-ring (bicyclic) bond motifs is 1. The van der Waals surface area contributed by atoms with E-state index < -0.39 is 6.10 Å². The number of methoxy groups -OCH3 is 1. The summed E-state index contributed by atoms with van der Waals surface area (Å²) in [7, 11) is 1.53. The number of furan rings is 1. The monoisotopic (exact) mass is 529 g/mol. The summed E-state index contributed by atoms with van der Waals surface area (Å²) in [5.41, 5.74) is 4.36. The van der Waals surface area contributed by atoms with Gasteiger partial charge in [-0.2, -0.15) is 0 Å². The third kappa shape index (κ3) is 5.29. The molecule has 8 heteroatoms. The lowest BCUT2D eigenvalue weighted by atomic mass is 10.00. The van der Waals surface area contributed by atoms with Gasteiger partial charge in [0.05, 0.1) is 5.69 Å². The van der Waals surface area contributed by atoms with Crippen LogP contribution in [0.25, 0.3) is 22.4 Å². The Balaban J connectivity index is 1.36. The van der Waals surface area contributed by atoms with Crippen LogP contribution in [0, 0.1) is 5.82 Å². The molecule has 0 radical (unpaired) electrons. The van der Waals surface area contributed by atoms with Crippen LogP contribution >= 0.6 is 0 Å². The molecule has 4 aromatic rings. The fourth-order valence-corrected chi connectivity index (χ4v) is 5.13. The number of pyridine rings is 1. The SMILES string of the molecule is CO[C@@H](C(=O)N1CCN(C(=O)c2cc3nc(-c4ccc(F)cc4)cc(C(C)C)c3o2)C[C@@H]1C)c1ccccc1. The molecule has 2 amide bonds. The molecule has 2 aromatic carbocycles. The third-order valence-electron chi connectivity index (χ3n) is 7.24. The second-order valence-electron chi connectivity index (χ2n) is 10.2. The molecular weight excluding hydrogens is 497 g/mol. The summed E-state index contributed by atoms with van der Waals surface area (Å²) >= 11 is 0. The molecule has 0 saturated carbocycles. The standard InChI is InChI=1S/C31H32FN3O4/c1-19(2)24-16-25(21-10-12-23(32)13-11-21)33-26-17-27(39-29(24)26)30(36)34-14-15-35(20(3)18-34)31(37)28(38-4)22-8-6-5-7-9-22/h5-13,16-17,19-20,28H,14-15,18H2,1-4H3/t20-,28+/m0/s1. The average Bonchev–Trinajstić information content (AvgIpc) is 3.37. The van der Waals surface area contributed by atoms with Crippen LogP contribution in [0.3, 0.4) is 0 Å². The van der Waals surface area contributed by atoms with Gasteiger partial charge in [0, 0.05) is 50.0 Å². The molecule has 0 unspecified atom stereocenters. The minimum absolute atomic E-state index is 0.119. The van der Waals surface area contributed by atoms with Gasteiger partial charge in [0.1, 0.15) is 11.3 Å². The molecule has 1 aliphatic rings. The number of rotatable bonds is 6. The summed E-state index contributed by atoms with van der Waals surface area (Å²) < 4.78 is 25.1. The van der Waals surface area contributed by atoms with E-state index in [9.17, 15) is 14.0 Å². The highest BCUT2D eigenvalue weighted by atomic mass is 19.1. The van der Waals surface area contributed by atoms with Gasteiger partial charge < -0.3 is 19.0 Å². The van der Waals surface area contributed by atoms with Crippen LogP contribution in [-0.4, -0.2) is 59.4 Å². The summed E-state index contributed by atoms with van der Waals surface area (Å²) in [6.45, 7) is 7.17. The first kappa shape index (κ1) is 26.6. The van der Waals surface area contributed by atoms with Crippen molar-refractivity contribution in [2.45, 2.75) is 38.8 Å². The molecule has 0 N–H and O–H groups in total. The van der Waals surface area contributed by atoms with E-state index in [0.717, 1.165) is 16.7 Å². The minimum Gasteiger partial charge on any atom is -0.449 e. The van der Waals surface area contributed by atoms with Crippen molar-refractivity contribution in [2.75, 3.05) is 26.7 Å². The maximum Gasteiger partial charge on any atom is 0.289 e. The number of aromatic nitrogens is 1. The molecule has 5 rings (SSSR count). The van der Waals surface area contributed by atoms with Crippen molar-refractivity contribution in [2.24, 2.45) is 0 Å². The van der Waals surface area contributed by atoms with Crippen molar-refractivity contribution in [3.05, 3.63) is 89.4 Å². The van der Waals surface area contributed by atoms with Crippen LogP contribution < -0.4 is 0 Å². The number of amides is 2. The summed E-state index contributed by atoms with van der Waals surface area (Å²) in [6, 6.07) is 19.0. The largest absolute Gasteiger partial charge is 0.449 e. The topological polar surface area (TPSA) is 75.9 Å². The normalized spacial score (nSPS) is 16.6. The van der Waals surface area contributed by atoms with E-state index in [1.54, 1.807) is 28.0 Å². The fourth-order valence-electron chi connectivity index (χ4n) is 5.13. The Morgan fingerprint density at radius 3 is 2.41 bits per heavy atom. The molecule has 7 nitrogen and oxygen atoms in total. The molecule has 3 heterocycles. The third-order valence-corrected chi connectivity index (χ3v) is 7.24. The molecule has 2 aromatic heterocycles. The Labute approximate surface area is 227 Å². The molecule has 1 aliphatic heterocycles. The lowest BCUT2D eigenvalue weighted by Gasteiger charge is -2.40. The number of nitrogens with zero attached hydrogens (tertiary/aromatic N) is 3. The molecule has 202 valence electrons. The van der Waals surface area contributed by atoms with Crippen LogP contribution in [0.4, 0.5) is 4.39 Å². The Morgan fingerprint density at radius 2 is 1.77 bits per heavy atom. The van der Waals surface area contributed by atoms with Crippen molar-refractivity contribution in [1.82, 2.24) is 14.8 Å². The lowest BCUT2D eigenvalue weighted by molar-refractivity contribution is -0.146. The van der Waals surface area contributed by atoms with Crippen LogP contribution in [0.2, 0.25) is 0 Å². The molecule has 0 aliphatic carbocycles. The Hall–Kier alpha value is -4.04. The summed E-state index contributed by atoms with van der Waals surface area (Å²) in [4.78, 5) is 35.0. The Morgan fingerprint density at radius 1 is 1.05 bits per heavy atom. The predicted molar refractivity (Wildman–Crippen MR) is 147 cm³/mol. The van der Waals surface area contributed by atoms with Gasteiger partial charge in [0.2, 0.25) is 0 Å². The average molecular weight is 530 g/mol. The van der Waals surface area contributed by atoms with Gasteiger partial charge in [-0.1, -0.05) is 44.2 Å². The van der Waals surface area contributed by atoms with Gasteiger partial charge in [0.25, 0.3) is 11.8 Å². The van der Waals surface area contributed by atoms with Gasteiger partial charge >= 0.3 is 0 Å². The van der Waals surface area contributed by atoms with Crippen LogP contribution in [0.1, 0.15) is 54.5 Å². The van der Waals surface area contributed by atoms with Crippen molar-refractivity contribution >= 4 is 22.9 Å². The first-order valence-corrected chi connectivity index (χ1v) is 13.1. The highest BCUT2D eigenvalue weighted by Crippen LogP contribution is 2.32. The van der Waals surface area contributed by atoms with E-state index in [1.165, 1.54) is 19.2 Å². The van der Waals surface area contributed by atoms with Crippen LogP contribution in [0.15, 0.2) is 71.1 Å². The summed E-state index contributed by atoms with van der Waals surface area (Å²) in [5, 5.41) is 0. The van der Waals surface area contributed by atoms with Gasteiger partial charge in [-0.3, -0.25) is 9.59 Å². The molecule has 0 bridgehead atoms. The zero-order chi connectivity index (χ0) is 27.7. The number of hydrogen-bond acceptors (Lipinski definition) is 5. The van der Waals surface area contributed by atoms with Crippen LogP contribution in [-0.2, 0) is 9.53 Å². The van der Waals surface area contributed by atoms with E-state index >= 15 is 0 Å². The van der Waals surface area contributed by atoms with Gasteiger partial charge in [0.15, 0.2) is 17.4 Å². The maximum absolute atomic E-state index is 13.5. The number of ether oxygens (including phenoxy) is 1. The van der Waals surface area contributed by atoms with E-state index in [0.29, 0.717) is 36.4 Å². The fraction of sp³-hybridized carbons (Fsp3) is 0.323. The molecule has 39 heavy (non-hydrogen) atoms. The number of halogens is 1. The smallest absolute Gasteiger partial charge is 0.289 e. The van der Waals surface area contributed by atoms with Crippen molar-refractivity contribution in [1.29, 1.82) is 0 Å². The van der Waals surface area contributed by atoms with Crippen LogP contribution in [0.5, 0.6) is 0 Å². The maximum atomic E-state index is 13.5. The molecule has 1 fully saturated rings. The van der Waals surface area contributed by atoms with E-state index in [2.05, 4.69) is 0 Å². The molecule has 1 saturated heterocycles. The quantitative estimate of drug-likeness (QED) is 0.315. The van der Waals surface area contributed by atoms with Crippen molar-refractivity contribution < 1.29 is 23.1 Å². The highest BCUT2D eigenvalue weighted by Gasteiger charge is 2.35. The summed E-state index contributed by atoms with van der Waals surface area (Å²) in [6.07, 6.45) is -0.692. The number of carbonyl (C=O) groups is 2. The van der Waals surface area contributed by atoms with E-state index in [1.807, 2.05) is 57.2 Å². The number of benzene rings is 2. The van der Waals surface area contributed by atoms with E-state index in [4.69, 9.17) is 14.1 Å². The molecular formula is C31H32FN3O4. The second kappa shape index (κ2) is 11.0. The highest BCUT2D eigenvalue weighted by molar-refractivity contribution is 5.96. The number of hydrogen-bond donors (Lipinski definition) is 0. The van der Waals surface area contributed by atoms with Crippen molar-refractivity contribution in [3.8, 4) is 11.3 Å². The van der Waals surface area contributed by atoms with E-state index in [-0.39, 0.29) is 35.4 Å². The minimum atomic E-state index is -0.692. The van der Waals surface area contributed by atoms with Gasteiger partial charge in [-0.25, -0.2) is 9.37 Å². The molecule has 0 spiro atoms. The first-order chi connectivity index (χ1) is 18.8. The molecule has 2 atom stereocenters. The zero-order valence-electron chi connectivity index (χ0n) is 22.6. The lowest BCUT2D eigenvalue weighted by Crippen LogP contribution is -2.56. The summed E-state index contributed by atoms with van der Waals surface area (Å²) in [5.74, 6) is -0.338.